The topological polar surface area (TPSA) is 39.1 Å². The summed E-state index contributed by atoms with van der Waals surface area (Å²) >= 11 is 0. The molecule has 0 fully saturated rings. The number of rotatable bonds is 4. The quantitative estimate of drug-likeness (QED) is 0.943. The van der Waals surface area contributed by atoms with E-state index >= 15 is 0 Å². The molecule has 23 heavy (non-hydrogen) atoms. The van der Waals surface area contributed by atoms with Gasteiger partial charge < -0.3 is 14.6 Å². The Morgan fingerprint density at radius 1 is 1.39 bits per heavy atom. The van der Waals surface area contributed by atoms with Gasteiger partial charge in [0.2, 0.25) is 0 Å². The van der Waals surface area contributed by atoms with Crippen molar-refractivity contribution in [3.05, 3.63) is 47.5 Å². The highest BCUT2D eigenvalue weighted by Crippen LogP contribution is 2.35. The molecule has 1 aromatic carbocycles. The third kappa shape index (κ3) is 3.13. The average Bonchev–Trinajstić information content (AvgIpc) is 3.08. The van der Waals surface area contributed by atoms with Crippen molar-refractivity contribution in [3.63, 3.8) is 0 Å². The number of imidazole rings is 1. The molecule has 4 nitrogen and oxygen atoms in total. The van der Waals surface area contributed by atoms with Gasteiger partial charge in [0.15, 0.2) is 0 Å². The third-order valence-corrected chi connectivity index (χ3v) is 4.92. The predicted molar refractivity (Wildman–Crippen MR) is 90.6 cm³/mol. The Kier molecular flexibility index (Phi) is 3.64. The van der Waals surface area contributed by atoms with Crippen molar-refractivity contribution in [3.8, 4) is 5.75 Å². The van der Waals surface area contributed by atoms with Crippen LogP contribution in [-0.2, 0) is 25.9 Å². The molecule has 4 heteroatoms. The van der Waals surface area contributed by atoms with Crippen LogP contribution < -0.4 is 10.1 Å². The molecule has 0 bridgehead atoms. The number of nitrogens with zero attached hydrogens (tertiary/aromatic N) is 2. The van der Waals surface area contributed by atoms with Crippen LogP contribution in [0.25, 0.3) is 0 Å². The molecule has 0 amide bonds. The largest absolute Gasteiger partial charge is 0.487 e. The van der Waals surface area contributed by atoms with Crippen LogP contribution in [0, 0.1) is 5.92 Å². The van der Waals surface area contributed by atoms with Crippen molar-refractivity contribution in [1.29, 1.82) is 0 Å². The Bertz CT molecular complexity index is 704. The first-order valence-electron chi connectivity index (χ1n) is 8.61. The zero-order valence-corrected chi connectivity index (χ0v) is 14.0. The van der Waals surface area contributed by atoms with Crippen LogP contribution in [-0.4, -0.2) is 21.7 Å². The predicted octanol–water partition coefficient (Wildman–Crippen LogP) is 2.95. The summed E-state index contributed by atoms with van der Waals surface area (Å²) in [5.74, 6) is 2.99. The molecule has 3 heterocycles. The first-order chi connectivity index (χ1) is 11.1. The highest BCUT2D eigenvalue weighted by atomic mass is 16.5. The summed E-state index contributed by atoms with van der Waals surface area (Å²) in [4.78, 5) is 4.39. The molecule has 2 aliphatic heterocycles. The maximum absolute atomic E-state index is 5.95. The van der Waals surface area contributed by atoms with Crippen LogP contribution in [0.3, 0.4) is 0 Å². The van der Waals surface area contributed by atoms with Gasteiger partial charge in [-0.25, -0.2) is 4.98 Å². The monoisotopic (exact) mass is 311 g/mol. The van der Waals surface area contributed by atoms with E-state index in [0.29, 0.717) is 5.92 Å². The lowest BCUT2D eigenvalue weighted by Gasteiger charge is -2.24. The van der Waals surface area contributed by atoms with Crippen molar-refractivity contribution >= 4 is 0 Å². The Morgan fingerprint density at radius 2 is 2.30 bits per heavy atom. The second-order valence-corrected chi connectivity index (χ2v) is 7.51. The Morgan fingerprint density at radius 3 is 3.22 bits per heavy atom. The van der Waals surface area contributed by atoms with E-state index < -0.39 is 0 Å². The molecule has 1 aromatic heterocycles. The zero-order chi connectivity index (χ0) is 15.9. The lowest BCUT2D eigenvalue weighted by Crippen LogP contribution is -2.29. The molecule has 0 spiro atoms. The van der Waals surface area contributed by atoms with E-state index in [1.165, 1.54) is 23.4 Å². The minimum absolute atomic E-state index is 0.0566. The lowest BCUT2D eigenvalue weighted by atomic mass is 9.99. The Labute approximate surface area is 137 Å². The van der Waals surface area contributed by atoms with Gasteiger partial charge in [-0.15, -0.1) is 0 Å². The molecule has 1 N–H and O–H groups in total. The lowest BCUT2D eigenvalue weighted by molar-refractivity contribution is 0.138. The summed E-state index contributed by atoms with van der Waals surface area (Å²) in [6, 6.07) is 6.60. The number of hydrogen-bond donors (Lipinski definition) is 1. The van der Waals surface area contributed by atoms with E-state index in [-0.39, 0.29) is 5.60 Å². The van der Waals surface area contributed by atoms with Crippen molar-refractivity contribution < 1.29 is 4.74 Å². The molecule has 0 radical (unpaired) electrons. The van der Waals surface area contributed by atoms with Gasteiger partial charge in [0.25, 0.3) is 0 Å². The smallest absolute Gasteiger partial charge is 0.123 e. The molecule has 0 aliphatic carbocycles. The Hall–Kier alpha value is -1.81. The fourth-order valence-electron chi connectivity index (χ4n) is 3.80. The van der Waals surface area contributed by atoms with E-state index in [1.54, 1.807) is 0 Å². The SMILES string of the molecule is CC1(C)Cc2cc(CNC[C@H]3CCc4nccn4C3)ccc2O1. The van der Waals surface area contributed by atoms with E-state index in [9.17, 15) is 0 Å². The number of nitrogens with one attached hydrogen (secondary N) is 1. The van der Waals surface area contributed by atoms with Gasteiger partial charge in [-0.1, -0.05) is 12.1 Å². The van der Waals surface area contributed by atoms with Gasteiger partial charge in [-0.05, 0) is 49.9 Å². The van der Waals surface area contributed by atoms with Crippen LogP contribution in [0.1, 0.15) is 37.2 Å². The molecule has 1 atom stereocenters. The first-order valence-corrected chi connectivity index (χ1v) is 8.61. The number of aromatic nitrogens is 2. The average molecular weight is 311 g/mol. The summed E-state index contributed by atoms with van der Waals surface area (Å²) < 4.78 is 8.24. The van der Waals surface area contributed by atoms with Gasteiger partial charge in [-0.2, -0.15) is 0 Å². The van der Waals surface area contributed by atoms with Gasteiger partial charge in [0.05, 0.1) is 0 Å². The normalized spacial score (nSPS) is 21.6. The maximum Gasteiger partial charge on any atom is 0.123 e. The highest BCUT2D eigenvalue weighted by molar-refractivity contribution is 5.41. The van der Waals surface area contributed by atoms with Crippen LogP contribution in [0.2, 0.25) is 0 Å². The van der Waals surface area contributed by atoms with Gasteiger partial charge in [0.1, 0.15) is 17.2 Å². The van der Waals surface area contributed by atoms with E-state index in [0.717, 1.165) is 38.2 Å². The fourth-order valence-corrected chi connectivity index (χ4v) is 3.80. The third-order valence-electron chi connectivity index (χ3n) is 4.92. The minimum atomic E-state index is -0.0566. The van der Waals surface area contributed by atoms with Gasteiger partial charge >= 0.3 is 0 Å². The number of aryl methyl sites for hydroxylation is 1. The van der Waals surface area contributed by atoms with Crippen molar-refractivity contribution in [1.82, 2.24) is 14.9 Å². The summed E-state index contributed by atoms with van der Waals surface area (Å²) in [7, 11) is 0. The van der Waals surface area contributed by atoms with Crippen molar-refractivity contribution in [2.75, 3.05) is 6.54 Å². The number of ether oxygens (including phenoxy) is 1. The standard InChI is InChI=1S/C19H25N3O/c1-19(2)10-16-9-14(3-5-17(16)23-19)11-20-12-15-4-6-18-21-7-8-22(18)13-15/h3,5,7-9,15,20H,4,6,10-13H2,1-2H3/t15-/m1/s1. The molecule has 4 rings (SSSR count). The zero-order valence-electron chi connectivity index (χ0n) is 14.0. The van der Waals surface area contributed by atoms with E-state index in [2.05, 4.69) is 53.1 Å². The van der Waals surface area contributed by atoms with E-state index in [1.807, 2.05) is 6.20 Å². The van der Waals surface area contributed by atoms with Gasteiger partial charge in [0, 0.05) is 38.3 Å². The summed E-state index contributed by atoms with van der Waals surface area (Å²) in [5.41, 5.74) is 2.64. The first kappa shape index (κ1) is 14.8. The minimum Gasteiger partial charge on any atom is -0.487 e. The molecule has 122 valence electrons. The second-order valence-electron chi connectivity index (χ2n) is 7.51. The Balaban J connectivity index is 1.31. The molecule has 2 aromatic rings. The van der Waals surface area contributed by atoms with Crippen molar-refractivity contribution in [2.24, 2.45) is 5.92 Å². The van der Waals surface area contributed by atoms with Crippen LogP contribution in [0.5, 0.6) is 5.75 Å². The molecular weight excluding hydrogens is 286 g/mol. The van der Waals surface area contributed by atoms with E-state index in [4.69, 9.17) is 4.74 Å². The molecule has 0 saturated carbocycles. The second kappa shape index (κ2) is 5.68. The van der Waals surface area contributed by atoms with Crippen LogP contribution in [0.15, 0.2) is 30.6 Å². The maximum atomic E-state index is 5.95. The molecule has 2 aliphatic rings. The summed E-state index contributed by atoms with van der Waals surface area (Å²) in [6.45, 7) is 7.39. The number of benzene rings is 1. The van der Waals surface area contributed by atoms with Crippen LogP contribution in [0.4, 0.5) is 0 Å². The van der Waals surface area contributed by atoms with Crippen molar-refractivity contribution in [2.45, 2.75) is 51.8 Å². The summed E-state index contributed by atoms with van der Waals surface area (Å²) in [5, 5.41) is 3.63. The number of hydrogen-bond acceptors (Lipinski definition) is 3. The summed E-state index contributed by atoms with van der Waals surface area (Å²) in [6.07, 6.45) is 7.35. The van der Waals surface area contributed by atoms with Gasteiger partial charge in [-0.3, -0.25) is 0 Å². The fraction of sp³-hybridized carbons (Fsp3) is 0.526. The molecular formula is C19H25N3O. The highest BCUT2D eigenvalue weighted by Gasteiger charge is 2.29. The van der Waals surface area contributed by atoms with Crippen LogP contribution >= 0.6 is 0 Å². The molecule has 0 saturated heterocycles. The molecule has 0 unspecified atom stereocenters. The number of fused-ring (bicyclic) bond motifs is 2.